The average molecular weight is 225 g/mol. The van der Waals surface area contributed by atoms with Crippen LogP contribution in [0.3, 0.4) is 0 Å². The minimum Gasteiger partial charge on any atom is -0.468 e. The molecule has 0 amide bonds. The second-order valence-corrected chi connectivity index (χ2v) is 4.98. The predicted molar refractivity (Wildman–Crippen MR) is 60.6 cm³/mol. The van der Waals surface area contributed by atoms with Crippen LogP contribution in [-0.4, -0.2) is 4.98 Å². The summed E-state index contributed by atoms with van der Waals surface area (Å²) in [5.41, 5.74) is 1.17. The molecular weight excluding hydrogens is 214 g/mol. The monoisotopic (exact) mass is 225 g/mol. The molecule has 14 heavy (non-hydrogen) atoms. The van der Waals surface area contributed by atoms with Crippen LogP contribution < -0.4 is 0 Å². The van der Waals surface area contributed by atoms with Crippen LogP contribution in [0.15, 0.2) is 28.2 Å². The van der Waals surface area contributed by atoms with Gasteiger partial charge in [-0.05, 0) is 19.1 Å². The zero-order valence-electron chi connectivity index (χ0n) is 7.90. The second kappa shape index (κ2) is 4.66. The van der Waals surface area contributed by atoms with Crippen LogP contribution in [0.5, 0.6) is 0 Å². The van der Waals surface area contributed by atoms with E-state index in [1.54, 1.807) is 17.6 Å². The van der Waals surface area contributed by atoms with Gasteiger partial charge in [-0.2, -0.15) is 0 Å². The largest absolute Gasteiger partial charge is 0.468 e. The molecule has 0 spiro atoms. The molecule has 0 bridgehead atoms. The van der Waals surface area contributed by atoms with Crippen molar-refractivity contribution in [2.24, 2.45) is 0 Å². The molecule has 4 heteroatoms. The van der Waals surface area contributed by atoms with Crippen LogP contribution in [0.4, 0.5) is 0 Å². The van der Waals surface area contributed by atoms with Gasteiger partial charge in [0.2, 0.25) is 0 Å². The van der Waals surface area contributed by atoms with E-state index >= 15 is 0 Å². The first-order valence-corrected chi connectivity index (χ1v) is 6.39. The van der Waals surface area contributed by atoms with Crippen LogP contribution >= 0.6 is 23.1 Å². The van der Waals surface area contributed by atoms with Crippen molar-refractivity contribution in [1.29, 1.82) is 0 Å². The lowest BCUT2D eigenvalue weighted by atomic mass is 10.5. The van der Waals surface area contributed by atoms with E-state index in [9.17, 15) is 0 Å². The third-order valence-electron chi connectivity index (χ3n) is 1.74. The van der Waals surface area contributed by atoms with Crippen molar-refractivity contribution < 1.29 is 4.42 Å². The van der Waals surface area contributed by atoms with Gasteiger partial charge >= 0.3 is 0 Å². The van der Waals surface area contributed by atoms with E-state index in [-0.39, 0.29) is 0 Å². The second-order valence-electron chi connectivity index (χ2n) is 2.93. The first kappa shape index (κ1) is 9.80. The van der Waals surface area contributed by atoms with Crippen molar-refractivity contribution in [2.75, 3.05) is 0 Å². The minimum atomic E-state index is 0.920. The smallest absolute Gasteiger partial charge is 0.113 e. The number of thiazole rings is 1. The van der Waals surface area contributed by atoms with Gasteiger partial charge in [-0.3, -0.25) is 0 Å². The lowest BCUT2D eigenvalue weighted by Crippen LogP contribution is -1.82. The van der Waals surface area contributed by atoms with Gasteiger partial charge in [0.05, 0.1) is 22.7 Å². The Balaban J connectivity index is 1.78. The Morgan fingerprint density at radius 2 is 2.43 bits per heavy atom. The van der Waals surface area contributed by atoms with E-state index in [0.717, 1.165) is 22.3 Å². The molecule has 2 aromatic heterocycles. The molecule has 0 fully saturated rings. The van der Waals surface area contributed by atoms with E-state index in [1.807, 2.05) is 30.8 Å². The Kier molecular flexibility index (Phi) is 3.26. The number of aryl methyl sites for hydroxylation is 1. The molecule has 0 aromatic carbocycles. The first-order valence-electron chi connectivity index (χ1n) is 4.36. The van der Waals surface area contributed by atoms with Crippen molar-refractivity contribution in [3.63, 3.8) is 0 Å². The summed E-state index contributed by atoms with van der Waals surface area (Å²) in [6.07, 6.45) is 1.71. The van der Waals surface area contributed by atoms with E-state index in [0.29, 0.717) is 0 Å². The predicted octanol–water partition coefficient (Wildman–Crippen LogP) is 3.48. The summed E-state index contributed by atoms with van der Waals surface area (Å²) in [6, 6.07) is 3.92. The zero-order chi connectivity index (χ0) is 9.80. The molecule has 74 valence electrons. The molecule has 2 nitrogen and oxygen atoms in total. The number of rotatable bonds is 4. The van der Waals surface area contributed by atoms with Crippen molar-refractivity contribution in [3.8, 4) is 0 Å². The lowest BCUT2D eigenvalue weighted by molar-refractivity contribution is 0.530. The number of aromatic nitrogens is 1. The summed E-state index contributed by atoms with van der Waals surface area (Å²) < 4.78 is 5.24. The quantitative estimate of drug-likeness (QED) is 0.796. The topological polar surface area (TPSA) is 26.0 Å². The van der Waals surface area contributed by atoms with Crippen molar-refractivity contribution in [3.05, 3.63) is 40.2 Å². The average Bonchev–Trinajstić information content (AvgIpc) is 2.77. The lowest BCUT2D eigenvalue weighted by Gasteiger charge is -1.95. The van der Waals surface area contributed by atoms with E-state index in [4.69, 9.17) is 4.42 Å². The van der Waals surface area contributed by atoms with Gasteiger partial charge in [-0.15, -0.1) is 23.1 Å². The van der Waals surface area contributed by atoms with Gasteiger partial charge in [0.25, 0.3) is 0 Å². The third-order valence-corrected chi connectivity index (χ3v) is 3.55. The highest BCUT2D eigenvalue weighted by atomic mass is 32.2. The highest BCUT2D eigenvalue weighted by Crippen LogP contribution is 2.19. The number of hydrogen-bond acceptors (Lipinski definition) is 4. The SMILES string of the molecule is Cc1nc(CSCc2ccco2)cs1. The van der Waals surface area contributed by atoms with E-state index in [1.165, 1.54) is 5.69 Å². The van der Waals surface area contributed by atoms with Crippen LogP contribution in [-0.2, 0) is 11.5 Å². The number of nitrogens with zero attached hydrogens (tertiary/aromatic N) is 1. The summed E-state index contributed by atoms with van der Waals surface area (Å²) in [5, 5.41) is 3.25. The molecule has 0 saturated carbocycles. The molecule has 0 aliphatic carbocycles. The fourth-order valence-corrected chi connectivity index (χ4v) is 2.67. The maximum Gasteiger partial charge on any atom is 0.113 e. The molecule has 0 aliphatic rings. The molecule has 0 saturated heterocycles. The summed E-state index contributed by atoms with van der Waals surface area (Å²) in [4.78, 5) is 4.40. The fraction of sp³-hybridized carbons (Fsp3) is 0.300. The highest BCUT2D eigenvalue weighted by molar-refractivity contribution is 7.97. The molecule has 2 rings (SSSR count). The first-order chi connectivity index (χ1) is 6.84. The molecule has 0 N–H and O–H groups in total. The standard InChI is InChI=1S/C10H11NOS2/c1-8-11-9(6-14-8)5-13-7-10-3-2-4-12-10/h2-4,6H,5,7H2,1H3. The third kappa shape index (κ3) is 2.62. The fourth-order valence-electron chi connectivity index (χ4n) is 1.13. The van der Waals surface area contributed by atoms with Gasteiger partial charge in [0.1, 0.15) is 5.76 Å². The van der Waals surface area contributed by atoms with Crippen molar-refractivity contribution in [1.82, 2.24) is 4.98 Å². The number of furan rings is 1. The summed E-state index contributed by atoms with van der Waals surface area (Å²) in [5.74, 6) is 2.91. The maximum atomic E-state index is 5.24. The Morgan fingerprint density at radius 1 is 1.50 bits per heavy atom. The highest BCUT2D eigenvalue weighted by Gasteiger charge is 2.00. The normalized spacial score (nSPS) is 10.6. The van der Waals surface area contributed by atoms with Crippen LogP contribution in [0.2, 0.25) is 0 Å². The zero-order valence-corrected chi connectivity index (χ0v) is 9.53. The van der Waals surface area contributed by atoms with Gasteiger partial charge in [0, 0.05) is 11.1 Å². The van der Waals surface area contributed by atoms with Gasteiger partial charge < -0.3 is 4.42 Å². The van der Waals surface area contributed by atoms with Crippen molar-refractivity contribution in [2.45, 2.75) is 18.4 Å². The number of hydrogen-bond donors (Lipinski definition) is 0. The Hall–Kier alpha value is -0.740. The summed E-state index contributed by atoms with van der Waals surface area (Å²) in [7, 11) is 0. The van der Waals surface area contributed by atoms with E-state index < -0.39 is 0 Å². The minimum absolute atomic E-state index is 0.920. The molecule has 2 heterocycles. The molecule has 0 atom stereocenters. The molecule has 0 unspecified atom stereocenters. The van der Waals surface area contributed by atoms with E-state index in [2.05, 4.69) is 10.4 Å². The van der Waals surface area contributed by atoms with Crippen LogP contribution in [0, 0.1) is 6.92 Å². The summed E-state index contributed by atoms with van der Waals surface area (Å²) >= 11 is 3.53. The van der Waals surface area contributed by atoms with Gasteiger partial charge in [-0.25, -0.2) is 4.98 Å². The Morgan fingerprint density at radius 3 is 3.07 bits per heavy atom. The van der Waals surface area contributed by atoms with Gasteiger partial charge in [0.15, 0.2) is 0 Å². The molecular formula is C10H11NOS2. The Bertz CT molecular complexity index is 380. The summed E-state index contributed by atoms with van der Waals surface area (Å²) in [6.45, 7) is 2.03. The Labute approximate surface area is 91.4 Å². The van der Waals surface area contributed by atoms with Crippen LogP contribution in [0.1, 0.15) is 16.5 Å². The molecule has 2 aromatic rings. The maximum absolute atomic E-state index is 5.24. The van der Waals surface area contributed by atoms with Gasteiger partial charge in [-0.1, -0.05) is 0 Å². The van der Waals surface area contributed by atoms with Crippen molar-refractivity contribution >= 4 is 23.1 Å². The van der Waals surface area contributed by atoms with Crippen LogP contribution in [0.25, 0.3) is 0 Å². The molecule has 0 radical (unpaired) electrons. The molecule has 0 aliphatic heterocycles. The number of thioether (sulfide) groups is 1.